The Morgan fingerprint density at radius 1 is 1.16 bits per heavy atom. The van der Waals surface area contributed by atoms with Gasteiger partial charge in [-0.05, 0) is 42.2 Å². The second kappa shape index (κ2) is 8.50. The van der Waals surface area contributed by atoms with Gasteiger partial charge in [0.15, 0.2) is 0 Å². The van der Waals surface area contributed by atoms with E-state index in [0.717, 1.165) is 16.7 Å². The van der Waals surface area contributed by atoms with Gasteiger partial charge >= 0.3 is 6.09 Å². The topological polar surface area (TPSA) is 105 Å². The molecule has 0 saturated carbocycles. The van der Waals surface area contributed by atoms with E-state index in [9.17, 15) is 15.0 Å². The second-order valence-electron chi connectivity index (χ2n) is 6.02. The summed E-state index contributed by atoms with van der Waals surface area (Å²) < 4.78 is 5.06. The number of carbonyl (C=O) groups excluding carboxylic acids is 1. The second-order valence-corrected chi connectivity index (χ2v) is 6.02. The standard InChI is InChI=1S/C19H24N2O4/c1-12-9-16(20)13(2)8-15(12)18(23)17(22)10-21-19(24)25-11-14-6-4-3-5-7-14/h3-9,17-18,22-23H,10-11,20H2,1-2H3,(H,21,24). The first-order chi connectivity index (χ1) is 11.9. The summed E-state index contributed by atoms with van der Waals surface area (Å²) in [7, 11) is 0. The van der Waals surface area contributed by atoms with E-state index in [4.69, 9.17) is 10.5 Å². The highest BCUT2D eigenvalue weighted by atomic mass is 16.5. The smallest absolute Gasteiger partial charge is 0.407 e. The summed E-state index contributed by atoms with van der Waals surface area (Å²) in [6, 6.07) is 12.8. The third kappa shape index (κ3) is 5.20. The fourth-order valence-electron chi connectivity index (χ4n) is 2.46. The number of nitrogen functional groups attached to an aromatic ring is 1. The van der Waals surface area contributed by atoms with Crippen molar-refractivity contribution >= 4 is 11.8 Å². The molecule has 1 amide bonds. The summed E-state index contributed by atoms with van der Waals surface area (Å²) in [5.74, 6) is 0. The van der Waals surface area contributed by atoms with Crippen molar-refractivity contribution in [3.8, 4) is 0 Å². The summed E-state index contributed by atoms with van der Waals surface area (Å²) in [4.78, 5) is 11.7. The monoisotopic (exact) mass is 344 g/mol. The van der Waals surface area contributed by atoms with Crippen LogP contribution in [0, 0.1) is 13.8 Å². The van der Waals surface area contributed by atoms with Gasteiger partial charge in [-0.3, -0.25) is 0 Å². The van der Waals surface area contributed by atoms with Gasteiger partial charge in [0, 0.05) is 12.2 Å². The predicted molar refractivity (Wildman–Crippen MR) is 95.9 cm³/mol. The van der Waals surface area contributed by atoms with E-state index in [1.807, 2.05) is 44.2 Å². The van der Waals surface area contributed by atoms with Gasteiger partial charge in [0.05, 0.1) is 0 Å². The number of aliphatic hydroxyl groups is 2. The molecule has 0 aliphatic carbocycles. The highest BCUT2D eigenvalue weighted by molar-refractivity contribution is 5.67. The molecule has 2 rings (SSSR count). The molecule has 134 valence electrons. The number of rotatable bonds is 6. The number of amides is 1. The molecule has 0 spiro atoms. The number of benzene rings is 2. The van der Waals surface area contributed by atoms with Crippen LogP contribution < -0.4 is 11.1 Å². The Kier molecular flexibility index (Phi) is 6.38. The molecule has 25 heavy (non-hydrogen) atoms. The van der Waals surface area contributed by atoms with Gasteiger partial charge in [-0.15, -0.1) is 0 Å². The van der Waals surface area contributed by atoms with Gasteiger partial charge in [-0.1, -0.05) is 36.4 Å². The third-order valence-corrected chi connectivity index (χ3v) is 4.01. The van der Waals surface area contributed by atoms with Crippen molar-refractivity contribution in [3.63, 3.8) is 0 Å². The zero-order valence-electron chi connectivity index (χ0n) is 14.4. The van der Waals surface area contributed by atoms with Crippen LogP contribution in [0.15, 0.2) is 42.5 Å². The number of nitrogens with one attached hydrogen (secondary N) is 1. The lowest BCUT2D eigenvalue weighted by Gasteiger charge is -2.21. The van der Waals surface area contributed by atoms with E-state index in [0.29, 0.717) is 11.3 Å². The largest absolute Gasteiger partial charge is 0.445 e. The minimum atomic E-state index is -1.16. The summed E-state index contributed by atoms with van der Waals surface area (Å²) in [6.07, 6.45) is -2.94. The number of nitrogens with two attached hydrogens (primary N) is 1. The van der Waals surface area contributed by atoms with Gasteiger partial charge in [0.2, 0.25) is 0 Å². The molecule has 6 nitrogen and oxygen atoms in total. The summed E-state index contributed by atoms with van der Waals surface area (Å²) in [6.45, 7) is 3.65. The number of anilines is 1. The first kappa shape index (κ1) is 18.8. The van der Waals surface area contributed by atoms with Gasteiger partial charge in [-0.2, -0.15) is 0 Å². The van der Waals surface area contributed by atoms with E-state index < -0.39 is 18.3 Å². The number of alkyl carbamates (subject to hydrolysis) is 1. The lowest BCUT2D eigenvalue weighted by molar-refractivity contribution is 0.0180. The van der Waals surface area contributed by atoms with Crippen molar-refractivity contribution in [1.29, 1.82) is 0 Å². The third-order valence-electron chi connectivity index (χ3n) is 4.01. The van der Waals surface area contributed by atoms with Gasteiger partial charge in [0.1, 0.15) is 18.8 Å². The molecule has 2 atom stereocenters. The molecular formula is C19H24N2O4. The predicted octanol–water partition coefficient (Wildman–Crippen LogP) is 2.21. The number of aliphatic hydroxyl groups excluding tert-OH is 2. The van der Waals surface area contributed by atoms with Crippen LogP contribution in [0.3, 0.4) is 0 Å². The van der Waals surface area contributed by atoms with Crippen LogP contribution in [0.2, 0.25) is 0 Å². The van der Waals surface area contributed by atoms with Crippen LogP contribution in [-0.2, 0) is 11.3 Å². The van der Waals surface area contributed by atoms with Crippen LogP contribution in [0.4, 0.5) is 10.5 Å². The Bertz CT molecular complexity index is 719. The maximum absolute atomic E-state index is 11.7. The lowest BCUT2D eigenvalue weighted by Crippen LogP contribution is -2.36. The van der Waals surface area contributed by atoms with E-state index in [1.165, 1.54) is 0 Å². The van der Waals surface area contributed by atoms with E-state index >= 15 is 0 Å². The number of carbonyl (C=O) groups is 1. The average Bonchev–Trinajstić information content (AvgIpc) is 2.61. The number of aryl methyl sites for hydroxylation is 2. The number of hydrogen-bond donors (Lipinski definition) is 4. The van der Waals surface area contributed by atoms with Crippen molar-refractivity contribution in [2.24, 2.45) is 0 Å². The zero-order chi connectivity index (χ0) is 18.4. The SMILES string of the molecule is Cc1cc(C(O)C(O)CNC(=O)OCc2ccccc2)c(C)cc1N. The minimum absolute atomic E-state index is 0.127. The quantitative estimate of drug-likeness (QED) is 0.601. The number of ether oxygens (including phenoxy) is 1. The minimum Gasteiger partial charge on any atom is -0.445 e. The van der Waals surface area contributed by atoms with Crippen LogP contribution in [-0.4, -0.2) is 29.0 Å². The van der Waals surface area contributed by atoms with Gasteiger partial charge < -0.3 is 26.0 Å². The molecule has 2 aromatic carbocycles. The van der Waals surface area contributed by atoms with Crippen molar-refractivity contribution in [3.05, 3.63) is 64.7 Å². The van der Waals surface area contributed by atoms with Gasteiger partial charge in [-0.25, -0.2) is 4.79 Å². The molecular weight excluding hydrogens is 320 g/mol. The van der Waals surface area contributed by atoms with E-state index in [-0.39, 0.29) is 13.2 Å². The molecule has 0 radical (unpaired) electrons. The molecule has 2 unspecified atom stereocenters. The molecule has 0 bridgehead atoms. The van der Waals surface area contributed by atoms with Crippen LogP contribution in [0.25, 0.3) is 0 Å². The highest BCUT2D eigenvalue weighted by Crippen LogP contribution is 2.25. The average molecular weight is 344 g/mol. The first-order valence-corrected chi connectivity index (χ1v) is 8.05. The molecule has 5 N–H and O–H groups in total. The Morgan fingerprint density at radius 2 is 1.84 bits per heavy atom. The summed E-state index contributed by atoms with van der Waals surface area (Å²) in [5, 5.41) is 22.9. The van der Waals surface area contributed by atoms with Crippen LogP contribution >= 0.6 is 0 Å². The Balaban J connectivity index is 1.86. The van der Waals surface area contributed by atoms with E-state index in [1.54, 1.807) is 12.1 Å². The maximum atomic E-state index is 11.7. The Labute approximate surface area is 147 Å². The molecule has 0 heterocycles. The fourth-order valence-corrected chi connectivity index (χ4v) is 2.46. The van der Waals surface area contributed by atoms with Crippen LogP contribution in [0.5, 0.6) is 0 Å². The first-order valence-electron chi connectivity index (χ1n) is 8.05. The Morgan fingerprint density at radius 3 is 2.52 bits per heavy atom. The number of hydrogen-bond acceptors (Lipinski definition) is 5. The highest BCUT2D eigenvalue weighted by Gasteiger charge is 2.21. The van der Waals surface area contributed by atoms with Gasteiger partial charge in [0.25, 0.3) is 0 Å². The van der Waals surface area contributed by atoms with Crippen molar-refractivity contribution < 1.29 is 19.7 Å². The van der Waals surface area contributed by atoms with Crippen molar-refractivity contribution in [2.45, 2.75) is 32.7 Å². The zero-order valence-corrected chi connectivity index (χ0v) is 14.4. The molecule has 0 saturated heterocycles. The molecule has 6 heteroatoms. The molecule has 0 aliphatic heterocycles. The fraction of sp³-hybridized carbons (Fsp3) is 0.316. The van der Waals surface area contributed by atoms with Crippen molar-refractivity contribution in [1.82, 2.24) is 5.32 Å². The molecule has 0 aromatic heterocycles. The van der Waals surface area contributed by atoms with E-state index in [2.05, 4.69) is 5.32 Å². The summed E-state index contributed by atoms with van der Waals surface area (Å²) >= 11 is 0. The molecule has 0 aliphatic rings. The van der Waals surface area contributed by atoms with Crippen molar-refractivity contribution in [2.75, 3.05) is 12.3 Å². The van der Waals surface area contributed by atoms with Crippen LogP contribution in [0.1, 0.15) is 28.4 Å². The maximum Gasteiger partial charge on any atom is 0.407 e. The summed E-state index contributed by atoms with van der Waals surface area (Å²) in [5.41, 5.74) is 9.51. The molecule has 0 fully saturated rings. The lowest BCUT2D eigenvalue weighted by atomic mass is 9.96. The molecule has 2 aromatic rings. The normalized spacial score (nSPS) is 13.1. The Hall–Kier alpha value is -2.57.